The maximum atomic E-state index is 13.5. The number of carbonyl (C=O) groups is 1. The molecule has 2 rings (SSSR count). The molecule has 2 aromatic rings. The van der Waals surface area contributed by atoms with E-state index >= 15 is 0 Å². The summed E-state index contributed by atoms with van der Waals surface area (Å²) in [6, 6.07) is 5.97. The molecule has 0 unspecified atom stereocenters. The minimum atomic E-state index is -1.78. The Balaban J connectivity index is 2.36. The number of benzene rings is 2. The Kier molecular flexibility index (Phi) is 3.89. The predicted octanol–water partition coefficient (Wildman–Crippen LogP) is 3.37. The van der Waals surface area contributed by atoms with E-state index in [0.717, 1.165) is 24.3 Å². The van der Waals surface area contributed by atoms with Crippen molar-refractivity contribution < 1.29 is 22.4 Å². The third kappa shape index (κ3) is 2.84. The van der Waals surface area contributed by atoms with Crippen LogP contribution < -0.4 is 5.32 Å². The van der Waals surface area contributed by atoms with Crippen LogP contribution in [0.15, 0.2) is 30.3 Å². The van der Waals surface area contributed by atoms with Crippen LogP contribution in [0.5, 0.6) is 0 Å². The highest BCUT2D eigenvalue weighted by atomic mass is 19.2. The third-order valence-corrected chi connectivity index (χ3v) is 2.63. The van der Waals surface area contributed by atoms with Gasteiger partial charge in [-0.05, 0) is 30.3 Å². The van der Waals surface area contributed by atoms with E-state index in [-0.39, 0.29) is 11.3 Å². The average molecular weight is 294 g/mol. The van der Waals surface area contributed by atoms with Gasteiger partial charge in [-0.15, -0.1) is 0 Å². The highest BCUT2D eigenvalue weighted by Crippen LogP contribution is 2.20. The van der Waals surface area contributed by atoms with Gasteiger partial charge in [0.2, 0.25) is 0 Å². The molecule has 0 fully saturated rings. The summed E-state index contributed by atoms with van der Waals surface area (Å²) in [4.78, 5) is 11.8. The first-order valence-corrected chi connectivity index (χ1v) is 5.58. The molecular weight excluding hydrogens is 288 g/mol. The second-order valence-corrected chi connectivity index (χ2v) is 3.98. The maximum Gasteiger partial charge on any atom is 0.258 e. The molecule has 0 radical (unpaired) electrons. The number of hydrogen-bond donors (Lipinski definition) is 1. The van der Waals surface area contributed by atoms with Gasteiger partial charge in [-0.1, -0.05) is 0 Å². The summed E-state index contributed by atoms with van der Waals surface area (Å²) in [7, 11) is 0. The summed E-state index contributed by atoms with van der Waals surface area (Å²) in [5.74, 6) is -6.63. The second kappa shape index (κ2) is 5.63. The average Bonchev–Trinajstić information content (AvgIpc) is 2.46. The van der Waals surface area contributed by atoms with Gasteiger partial charge < -0.3 is 5.32 Å². The van der Waals surface area contributed by atoms with Crippen LogP contribution in [0.1, 0.15) is 15.9 Å². The molecule has 0 saturated heterocycles. The number of halogens is 4. The first-order valence-electron chi connectivity index (χ1n) is 5.58. The first kappa shape index (κ1) is 14.5. The van der Waals surface area contributed by atoms with Crippen LogP contribution in [0.3, 0.4) is 0 Å². The SMILES string of the molecule is N#Cc1cc(F)ccc1NC(=O)c1ccc(F)c(F)c1F. The van der Waals surface area contributed by atoms with Crippen molar-refractivity contribution in [3.8, 4) is 6.07 Å². The Morgan fingerprint density at radius 1 is 1.05 bits per heavy atom. The summed E-state index contributed by atoms with van der Waals surface area (Å²) in [6.45, 7) is 0. The van der Waals surface area contributed by atoms with Gasteiger partial charge >= 0.3 is 0 Å². The lowest BCUT2D eigenvalue weighted by molar-refractivity contribution is 0.102. The van der Waals surface area contributed by atoms with Gasteiger partial charge in [0, 0.05) is 0 Å². The Morgan fingerprint density at radius 2 is 1.76 bits per heavy atom. The highest BCUT2D eigenvalue weighted by Gasteiger charge is 2.19. The zero-order valence-corrected chi connectivity index (χ0v) is 10.3. The normalized spacial score (nSPS) is 10.0. The van der Waals surface area contributed by atoms with Crippen LogP contribution in [0.2, 0.25) is 0 Å². The summed E-state index contributed by atoms with van der Waals surface area (Å²) in [5, 5.41) is 10.9. The molecule has 7 heteroatoms. The van der Waals surface area contributed by atoms with Crippen molar-refractivity contribution in [1.29, 1.82) is 5.26 Å². The molecule has 0 aliphatic carbocycles. The molecule has 0 atom stereocenters. The smallest absolute Gasteiger partial charge is 0.258 e. The molecule has 0 bridgehead atoms. The monoisotopic (exact) mass is 294 g/mol. The minimum absolute atomic E-state index is 0.0759. The number of nitriles is 1. The van der Waals surface area contributed by atoms with Gasteiger partial charge in [0.05, 0.1) is 16.8 Å². The zero-order chi connectivity index (χ0) is 15.6. The molecular formula is C14H6F4N2O. The summed E-state index contributed by atoms with van der Waals surface area (Å²) in [5.41, 5.74) is -0.999. The number of rotatable bonds is 2. The van der Waals surface area contributed by atoms with Crippen molar-refractivity contribution in [2.75, 3.05) is 5.32 Å². The summed E-state index contributed by atoms with van der Waals surface area (Å²) in [6.07, 6.45) is 0. The molecule has 0 saturated carbocycles. The number of nitrogens with one attached hydrogen (secondary N) is 1. The Bertz CT molecular complexity index is 768. The number of hydrogen-bond acceptors (Lipinski definition) is 2. The minimum Gasteiger partial charge on any atom is -0.321 e. The number of amides is 1. The number of nitrogens with zero attached hydrogens (tertiary/aromatic N) is 1. The quantitative estimate of drug-likeness (QED) is 0.682. The van der Waals surface area contributed by atoms with Crippen molar-refractivity contribution >= 4 is 11.6 Å². The molecule has 0 aliphatic heterocycles. The molecule has 0 heterocycles. The molecule has 21 heavy (non-hydrogen) atoms. The van der Waals surface area contributed by atoms with E-state index in [9.17, 15) is 22.4 Å². The van der Waals surface area contributed by atoms with Crippen molar-refractivity contribution in [2.45, 2.75) is 0 Å². The molecule has 3 nitrogen and oxygen atoms in total. The fraction of sp³-hybridized carbons (Fsp3) is 0. The van der Waals surface area contributed by atoms with E-state index < -0.39 is 34.7 Å². The largest absolute Gasteiger partial charge is 0.321 e. The number of carbonyl (C=O) groups excluding carboxylic acids is 1. The summed E-state index contributed by atoms with van der Waals surface area (Å²) < 4.78 is 52.2. The van der Waals surface area contributed by atoms with E-state index in [2.05, 4.69) is 5.32 Å². The molecule has 106 valence electrons. The highest BCUT2D eigenvalue weighted by molar-refractivity contribution is 6.05. The molecule has 1 N–H and O–H groups in total. The van der Waals surface area contributed by atoms with Crippen LogP contribution in [-0.4, -0.2) is 5.91 Å². The van der Waals surface area contributed by atoms with Crippen molar-refractivity contribution in [3.05, 3.63) is 64.7 Å². The van der Waals surface area contributed by atoms with Crippen molar-refractivity contribution in [3.63, 3.8) is 0 Å². The van der Waals surface area contributed by atoms with Crippen LogP contribution >= 0.6 is 0 Å². The zero-order valence-electron chi connectivity index (χ0n) is 10.3. The maximum absolute atomic E-state index is 13.5. The Labute approximate surface area is 116 Å². The Morgan fingerprint density at radius 3 is 2.43 bits per heavy atom. The molecule has 1 amide bonds. The van der Waals surface area contributed by atoms with Gasteiger partial charge in [0.25, 0.3) is 5.91 Å². The standard InChI is InChI=1S/C14H6F4N2O/c15-8-1-4-11(7(5-8)6-19)20-14(21)9-2-3-10(16)13(18)12(9)17/h1-5H,(H,20,21). The van der Waals surface area contributed by atoms with E-state index in [1.54, 1.807) is 6.07 Å². The number of anilines is 1. The first-order chi connectivity index (χ1) is 9.93. The van der Waals surface area contributed by atoms with E-state index in [0.29, 0.717) is 6.07 Å². The van der Waals surface area contributed by atoms with Gasteiger partial charge in [-0.3, -0.25) is 4.79 Å². The van der Waals surface area contributed by atoms with Crippen LogP contribution in [0.25, 0.3) is 0 Å². The van der Waals surface area contributed by atoms with E-state index in [4.69, 9.17) is 5.26 Å². The van der Waals surface area contributed by atoms with Gasteiger partial charge in [-0.25, -0.2) is 17.6 Å². The predicted molar refractivity (Wildman–Crippen MR) is 65.4 cm³/mol. The molecule has 2 aromatic carbocycles. The Hall–Kier alpha value is -2.88. The lowest BCUT2D eigenvalue weighted by Gasteiger charge is -2.08. The van der Waals surface area contributed by atoms with Crippen LogP contribution in [0.4, 0.5) is 23.2 Å². The second-order valence-electron chi connectivity index (χ2n) is 3.98. The van der Waals surface area contributed by atoms with Gasteiger partial charge in [0.1, 0.15) is 11.9 Å². The van der Waals surface area contributed by atoms with Crippen LogP contribution in [-0.2, 0) is 0 Å². The van der Waals surface area contributed by atoms with Crippen molar-refractivity contribution in [1.82, 2.24) is 0 Å². The van der Waals surface area contributed by atoms with Crippen LogP contribution in [0, 0.1) is 34.6 Å². The summed E-state index contributed by atoms with van der Waals surface area (Å²) >= 11 is 0. The van der Waals surface area contributed by atoms with Crippen molar-refractivity contribution in [2.24, 2.45) is 0 Å². The topological polar surface area (TPSA) is 52.9 Å². The van der Waals surface area contributed by atoms with Gasteiger partial charge in [-0.2, -0.15) is 5.26 Å². The molecule has 0 aromatic heterocycles. The fourth-order valence-corrected chi connectivity index (χ4v) is 1.61. The van der Waals surface area contributed by atoms with E-state index in [1.165, 1.54) is 0 Å². The lowest BCUT2D eigenvalue weighted by atomic mass is 10.1. The van der Waals surface area contributed by atoms with Gasteiger partial charge in [0.15, 0.2) is 17.5 Å². The molecule has 0 spiro atoms. The third-order valence-electron chi connectivity index (χ3n) is 2.63. The fourth-order valence-electron chi connectivity index (χ4n) is 1.61. The lowest BCUT2D eigenvalue weighted by Crippen LogP contribution is -2.16. The van der Waals surface area contributed by atoms with E-state index in [1.807, 2.05) is 0 Å². The molecule has 0 aliphatic rings.